The minimum atomic E-state index is -0.981. The molecule has 0 aliphatic rings. The summed E-state index contributed by atoms with van der Waals surface area (Å²) in [6, 6.07) is 23.7. The van der Waals surface area contributed by atoms with Gasteiger partial charge in [-0.15, -0.1) is 0 Å². The number of hydrogen-bond donors (Lipinski definition) is 2. The molecule has 0 bridgehead atoms. The van der Waals surface area contributed by atoms with Crippen LogP contribution in [0.3, 0.4) is 0 Å². The van der Waals surface area contributed by atoms with Gasteiger partial charge in [0.25, 0.3) is 0 Å². The summed E-state index contributed by atoms with van der Waals surface area (Å²) in [5.74, 6) is 0.346. The monoisotopic (exact) mass is 452 g/mol. The van der Waals surface area contributed by atoms with Crippen LogP contribution in [0.2, 0.25) is 0 Å². The molecule has 6 heteroatoms. The van der Waals surface area contributed by atoms with Crippen molar-refractivity contribution in [1.82, 2.24) is 9.97 Å². The Balaban J connectivity index is 1.43. The Kier molecular flexibility index (Phi) is 5.87. The van der Waals surface area contributed by atoms with Crippen molar-refractivity contribution in [3.05, 3.63) is 90.3 Å². The van der Waals surface area contributed by atoms with Crippen molar-refractivity contribution in [2.24, 2.45) is 0 Å². The summed E-state index contributed by atoms with van der Waals surface area (Å²) in [7, 11) is 1.57. The molecule has 0 amide bonds. The lowest BCUT2D eigenvalue weighted by molar-refractivity contribution is 0.0690. The third-order valence-corrected chi connectivity index (χ3v) is 5.99. The van der Waals surface area contributed by atoms with Gasteiger partial charge in [0.2, 0.25) is 5.88 Å². The summed E-state index contributed by atoms with van der Waals surface area (Å²) in [5, 5.41) is 13.0. The average Bonchev–Trinajstić information content (AvgIpc) is 3.26. The average molecular weight is 453 g/mol. The highest BCUT2D eigenvalue weighted by atomic mass is 16.5. The number of rotatable bonds is 8. The van der Waals surface area contributed by atoms with Crippen molar-refractivity contribution >= 4 is 27.6 Å². The van der Waals surface area contributed by atoms with Crippen molar-refractivity contribution in [1.29, 1.82) is 0 Å². The second-order valence-electron chi connectivity index (χ2n) is 8.00. The molecule has 6 nitrogen and oxygen atoms in total. The summed E-state index contributed by atoms with van der Waals surface area (Å²) in [5.41, 5.74) is 3.39. The van der Waals surface area contributed by atoms with Crippen LogP contribution in [0.1, 0.15) is 22.5 Å². The van der Waals surface area contributed by atoms with E-state index in [1.54, 1.807) is 13.3 Å². The molecular weight excluding hydrogens is 428 g/mol. The van der Waals surface area contributed by atoms with Crippen LogP contribution in [-0.4, -0.2) is 34.8 Å². The maximum atomic E-state index is 12.1. The molecule has 2 N–H and O–H groups in total. The molecule has 0 atom stereocenters. The first-order valence-electron chi connectivity index (χ1n) is 11.1. The molecule has 0 saturated heterocycles. The van der Waals surface area contributed by atoms with E-state index in [-0.39, 0.29) is 5.69 Å². The van der Waals surface area contributed by atoms with E-state index in [2.05, 4.69) is 22.1 Å². The van der Waals surface area contributed by atoms with Gasteiger partial charge in [0.1, 0.15) is 11.4 Å². The van der Waals surface area contributed by atoms with Crippen LogP contribution >= 0.6 is 0 Å². The standard InChI is InChI=1S/C28H24N2O4/c1-33-27-23(13-6-16-29-27)22-12-5-11-20-21(26(28(31)32)30-25(20)22)14-7-17-34-24-15-4-9-18-8-2-3-10-19(18)24/h2-6,8-13,15-16,30H,7,14,17H2,1H3,(H,31,32). The van der Waals surface area contributed by atoms with E-state index in [0.717, 1.165) is 44.1 Å². The fourth-order valence-electron chi connectivity index (χ4n) is 4.45. The maximum absolute atomic E-state index is 12.1. The molecule has 2 aromatic heterocycles. The Hall–Kier alpha value is -4.32. The number of fused-ring (bicyclic) bond motifs is 2. The van der Waals surface area contributed by atoms with E-state index in [1.165, 1.54) is 0 Å². The number of carboxylic acid groups (broad SMARTS) is 1. The van der Waals surface area contributed by atoms with Crippen molar-refractivity contribution < 1.29 is 19.4 Å². The number of methoxy groups -OCH3 is 1. The van der Waals surface area contributed by atoms with Crippen LogP contribution in [0, 0.1) is 0 Å². The molecule has 5 aromatic rings. The third-order valence-electron chi connectivity index (χ3n) is 5.99. The highest BCUT2D eigenvalue weighted by Crippen LogP contribution is 2.36. The number of H-pyrrole nitrogens is 1. The number of nitrogens with zero attached hydrogens (tertiary/aromatic N) is 1. The molecule has 2 heterocycles. The Morgan fingerprint density at radius 3 is 2.56 bits per heavy atom. The van der Waals surface area contributed by atoms with E-state index in [1.807, 2.05) is 60.7 Å². The van der Waals surface area contributed by atoms with Crippen molar-refractivity contribution in [2.75, 3.05) is 13.7 Å². The normalized spacial score (nSPS) is 11.1. The Bertz CT molecular complexity index is 1480. The lowest BCUT2D eigenvalue weighted by Gasteiger charge is -2.10. The zero-order chi connectivity index (χ0) is 23.5. The predicted octanol–water partition coefficient (Wildman–Crippen LogP) is 6.10. The predicted molar refractivity (Wildman–Crippen MR) is 133 cm³/mol. The number of aromatic carboxylic acids is 1. The number of aryl methyl sites for hydroxylation is 1. The van der Waals surface area contributed by atoms with Gasteiger partial charge in [-0.05, 0) is 42.0 Å². The van der Waals surface area contributed by atoms with E-state index >= 15 is 0 Å². The molecule has 3 aromatic carbocycles. The number of carboxylic acids is 1. The van der Waals surface area contributed by atoms with E-state index in [9.17, 15) is 9.90 Å². The Labute approximate surface area is 196 Å². The third kappa shape index (κ3) is 3.94. The summed E-state index contributed by atoms with van der Waals surface area (Å²) >= 11 is 0. The fourth-order valence-corrected chi connectivity index (χ4v) is 4.45. The number of para-hydroxylation sites is 1. The largest absolute Gasteiger partial charge is 0.493 e. The Morgan fingerprint density at radius 1 is 0.941 bits per heavy atom. The molecule has 0 radical (unpaired) electrons. The number of pyridine rings is 1. The van der Waals surface area contributed by atoms with Crippen LogP contribution in [-0.2, 0) is 6.42 Å². The maximum Gasteiger partial charge on any atom is 0.352 e. The van der Waals surface area contributed by atoms with Gasteiger partial charge < -0.3 is 19.6 Å². The minimum Gasteiger partial charge on any atom is -0.493 e. The lowest BCUT2D eigenvalue weighted by atomic mass is 10.0. The number of carbonyl (C=O) groups is 1. The highest BCUT2D eigenvalue weighted by molar-refractivity contribution is 6.03. The smallest absolute Gasteiger partial charge is 0.352 e. The molecule has 170 valence electrons. The molecule has 0 fully saturated rings. The van der Waals surface area contributed by atoms with Crippen molar-refractivity contribution in [3.8, 4) is 22.8 Å². The first kappa shape index (κ1) is 21.5. The number of aromatic nitrogens is 2. The van der Waals surface area contributed by atoms with Crippen LogP contribution in [0.15, 0.2) is 79.0 Å². The number of benzene rings is 3. The van der Waals surface area contributed by atoms with Gasteiger partial charge in [0.05, 0.1) is 19.2 Å². The van der Waals surface area contributed by atoms with Crippen LogP contribution in [0.5, 0.6) is 11.6 Å². The molecule has 5 rings (SSSR count). The van der Waals surface area contributed by atoms with E-state index in [4.69, 9.17) is 9.47 Å². The minimum absolute atomic E-state index is 0.204. The van der Waals surface area contributed by atoms with Gasteiger partial charge in [-0.1, -0.05) is 54.6 Å². The molecule has 0 unspecified atom stereocenters. The SMILES string of the molecule is COc1ncccc1-c1cccc2c(CCCOc3cccc4ccccc34)c(C(=O)O)[nH]c12. The van der Waals surface area contributed by atoms with E-state index in [0.29, 0.717) is 25.3 Å². The quantitative estimate of drug-likeness (QED) is 0.278. The number of aromatic amines is 1. The second-order valence-corrected chi connectivity index (χ2v) is 8.00. The van der Waals surface area contributed by atoms with Gasteiger partial charge in [-0.3, -0.25) is 0 Å². The summed E-state index contributed by atoms with van der Waals surface area (Å²) in [6.07, 6.45) is 2.91. The molecule has 0 spiro atoms. The number of ether oxygens (including phenoxy) is 2. The van der Waals surface area contributed by atoms with Crippen molar-refractivity contribution in [2.45, 2.75) is 12.8 Å². The second kappa shape index (κ2) is 9.27. The van der Waals surface area contributed by atoms with Gasteiger partial charge in [-0.2, -0.15) is 0 Å². The van der Waals surface area contributed by atoms with Crippen LogP contribution < -0.4 is 9.47 Å². The zero-order valence-electron chi connectivity index (χ0n) is 18.7. The van der Waals surface area contributed by atoms with Gasteiger partial charge in [0, 0.05) is 28.1 Å². The molecule has 0 aliphatic carbocycles. The summed E-state index contributed by atoms with van der Waals surface area (Å²) in [6.45, 7) is 0.482. The number of nitrogens with one attached hydrogen (secondary N) is 1. The first-order chi connectivity index (χ1) is 16.7. The van der Waals surface area contributed by atoms with Crippen LogP contribution in [0.25, 0.3) is 32.8 Å². The summed E-state index contributed by atoms with van der Waals surface area (Å²) < 4.78 is 11.5. The molecule has 34 heavy (non-hydrogen) atoms. The zero-order valence-corrected chi connectivity index (χ0v) is 18.7. The topological polar surface area (TPSA) is 84.4 Å². The van der Waals surface area contributed by atoms with Gasteiger partial charge in [0.15, 0.2) is 0 Å². The Morgan fingerprint density at radius 2 is 1.71 bits per heavy atom. The molecule has 0 saturated carbocycles. The highest BCUT2D eigenvalue weighted by Gasteiger charge is 2.20. The fraction of sp³-hybridized carbons (Fsp3) is 0.143. The summed E-state index contributed by atoms with van der Waals surface area (Å²) in [4.78, 5) is 19.5. The number of hydrogen-bond acceptors (Lipinski definition) is 4. The lowest BCUT2D eigenvalue weighted by Crippen LogP contribution is -2.04. The first-order valence-corrected chi connectivity index (χ1v) is 11.1. The van der Waals surface area contributed by atoms with E-state index < -0.39 is 5.97 Å². The molecule has 0 aliphatic heterocycles. The van der Waals surface area contributed by atoms with Gasteiger partial charge >= 0.3 is 5.97 Å². The van der Waals surface area contributed by atoms with Gasteiger partial charge in [-0.25, -0.2) is 9.78 Å². The van der Waals surface area contributed by atoms with Crippen molar-refractivity contribution in [3.63, 3.8) is 0 Å². The molecular formula is C28H24N2O4. The van der Waals surface area contributed by atoms with Crippen LogP contribution in [0.4, 0.5) is 0 Å².